The molecule has 1 amide bonds. The van der Waals surface area contributed by atoms with Crippen LogP contribution in [0.1, 0.15) is 24.9 Å². The third kappa shape index (κ3) is 4.42. The summed E-state index contributed by atoms with van der Waals surface area (Å²) in [6.45, 7) is 2.99. The van der Waals surface area contributed by atoms with Gasteiger partial charge in [0.2, 0.25) is 5.91 Å². The minimum absolute atomic E-state index is 0.00570. The maximum atomic E-state index is 12.1. The second-order valence-electron chi connectivity index (χ2n) is 5.00. The summed E-state index contributed by atoms with van der Waals surface area (Å²) in [7, 11) is 1.65. The minimum Gasteiger partial charge on any atom is -0.497 e. The molecule has 1 fully saturated rings. The molecule has 20 heavy (non-hydrogen) atoms. The molecule has 1 aliphatic heterocycles. The van der Waals surface area contributed by atoms with Crippen LogP contribution in [0.15, 0.2) is 24.3 Å². The lowest BCUT2D eigenvalue weighted by Crippen LogP contribution is -2.41. The van der Waals surface area contributed by atoms with Crippen molar-refractivity contribution in [2.75, 3.05) is 25.2 Å². The normalized spacial score (nSPS) is 20.2. The fourth-order valence-corrected chi connectivity index (χ4v) is 3.22. The van der Waals surface area contributed by atoms with Crippen molar-refractivity contribution in [2.24, 2.45) is 0 Å². The van der Waals surface area contributed by atoms with Crippen LogP contribution in [0.3, 0.4) is 0 Å². The molecular weight excluding hydrogens is 272 g/mol. The van der Waals surface area contributed by atoms with Crippen molar-refractivity contribution in [2.45, 2.75) is 25.4 Å². The summed E-state index contributed by atoms with van der Waals surface area (Å²) >= 11 is 1.91. The minimum atomic E-state index is -0.00570. The third-order valence-electron chi connectivity index (χ3n) is 3.40. The summed E-state index contributed by atoms with van der Waals surface area (Å²) in [4.78, 5) is 12.1. The first-order chi connectivity index (χ1) is 9.69. The fourth-order valence-electron chi connectivity index (χ4n) is 2.27. The molecule has 110 valence electrons. The van der Waals surface area contributed by atoms with E-state index in [2.05, 4.69) is 10.6 Å². The molecule has 2 atom stereocenters. The van der Waals surface area contributed by atoms with Gasteiger partial charge in [0.05, 0.1) is 13.2 Å². The van der Waals surface area contributed by atoms with Gasteiger partial charge in [0, 0.05) is 30.5 Å². The van der Waals surface area contributed by atoms with Gasteiger partial charge in [0.1, 0.15) is 5.75 Å². The Morgan fingerprint density at radius 1 is 1.60 bits per heavy atom. The number of benzene rings is 1. The maximum absolute atomic E-state index is 12.1. The lowest BCUT2D eigenvalue weighted by atomic mass is 10.1. The number of thioether (sulfide) groups is 1. The Hall–Kier alpha value is -1.20. The Balaban J connectivity index is 1.86. The van der Waals surface area contributed by atoms with E-state index in [1.807, 2.05) is 43.0 Å². The van der Waals surface area contributed by atoms with Gasteiger partial charge in [-0.25, -0.2) is 0 Å². The summed E-state index contributed by atoms with van der Waals surface area (Å²) in [6, 6.07) is 8.10. The Labute approximate surface area is 124 Å². The summed E-state index contributed by atoms with van der Waals surface area (Å²) in [5.74, 6) is 3.06. The van der Waals surface area contributed by atoms with Crippen molar-refractivity contribution in [1.82, 2.24) is 10.6 Å². The molecule has 2 rings (SSSR count). The van der Waals surface area contributed by atoms with E-state index in [4.69, 9.17) is 4.74 Å². The highest BCUT2D eigenvalue weighted by atomic mass is 32.2. The second-order valence-corrected chi connectivity index (χ2v) is 6.15. The number of carbonyl (C=O) groups is 1. The molecular formula is C15H22N2O2S. The van der Waals surface area contributed by atoms with Crippen LogP contribution >= 0.6 is 11.8 Å². The first-order valence-corrected chi connectivity index (χ1v) is 8.09. The third-order valence-corrected chi connectivity index (χ3v) is 4.53. The van der Waals surface area contributed by atoms with Gasteiger partial charge >= 0.3 is 0 Å². The molecule has 1 aromatic rings. The highest BCUT2D eigenvalue weighted by molar-refractivity contribution is 7.99. The predicted octanol–water partition coefficient (Wildman–Crippen LogP) is 1.97. The van der Waals surface area contributed by atoms with E-state index in [1.165, 1.54) is 0 Å². The number of hydrogen-bond donors (Lipinski definition) is 2. The standard InChI is InChI=1S/C15H22N2O2S/c1-11(12-4-3-5-14(8-12)19-2)17-15(18)9-13-10-20-7-6-16-13/h3-5,8,11,13,16H,6-7,9-10H2,1-2H3,(H,17,18)/t11-,13?/m1/s1. The van der Waals surface area contributed by atoms with Crippen LogP contribution in [-0.4, -0.2) is 37.1 Å². The van der Waals surface area contributed by atoms with Gasteiger partial charge in [-0.05, 0) is 24.6 Å². The van der Waals surface area contributed by atoms with Crippen LogP contribution in [0.25, 0.3) is 0 Å². The first kappa shape index (κ1) is 15.2. The van der Waals surface area contributed by atoms with Crippen LogP contribution in [0, 0.1) is 0 Å². The number of carbonyl (C=O) groups excluding carboxylic acids is 1. The SMILES string of the molecule is COc1cccc([C@@H](C)NC(=O)CC2CSCCN2)c1. The molecule has 1 unspecified atom stereocenters. The number of hydrogen-bond acceptors (Lipinski definition) is 4. The molecule has 5 heteroatoms. The smallest absolute Gasteiger partial charge is 0.222 e. The second kappa shape index (κ2) is 7.55. The Morgan fingerprint density at radius 2 is 2.45 bits per heavy atom. The van der Waals surface area contributed by atoms with Gasteiger partial charge < -0.3 is 15.4 Å². The molecule has 0 bridgehead atoms. The zero-order valence-electron chi connectivity index (χ0n) is 12.0. The molecule has 0 spiro atoms. The molecule has 0 radical (unpaired) electrons. The van der Waals surface area contributed by atoms with Crippen molar-refractivity contribution >= 4 is 17.7 Å². The van der Waals surface area contributed by atoms with E-state index in [9.17, 15) is 4.79 Å². The summed E-state index contributed by atoms with van der Waals surface area (Å²) < 4.78 is 5.21. The zero-order valence-corrected chi connectivity index (χ0v) is 12.8. The Kier molecular flexibility index (Phi) is 5.73. The lowest BCUT2D eigenvalue weighted by Gasteiger charge is -2.23. The van der Waals surface area contributed by atoms with Crippen molar-refractivity contribution in [3.8, 4) is 5.75 Å². The average molecular weight is 294 g/mol. The van der Waals surface area contributed by atoms with Crippen LogP contribution in [0.4, 0.5) is 0 Å². The van der Waals surface area contributed by atoms with Gasteiger partial charge in [0.15, 0.2) is 0 Å². The lowest BCUT2D eigenvalue weighted by molar-refractivity contribution is -0.122. The summed E-state index contributed by atoms with van der Waals surface area (Å²) in [6.07, 6.45) is 0.543. The van der Waals surface area contributed by atoms with E-state index in [1.54, 1.807) is 7.11 Å². The van der Waals surface area contributed by atoms with Crippen molar-refractivity contribution in [3.63, 3.8) is 0 Å². The number of ether oxygens (including phenoxy) is 1. The molecule has 0 aromatic heterocycles. The van der Waals surface area contributed by atoms with Crippen molar-refractivity contribution in [3.05, 3.63) is 29.8 Å². The van der Waals surface area contributed by atoms with Crippen LogP contribution in [0.5, 0.6) is 5.75 Å². The van der Waals surface area contributed by atoms with Gasteiger partial charge in [-0.15, -0.1) is 0 Å². The monoisotopic (exact) mass is 294 g/mol. The first-order valence-electron chi connectivity index (χ1n) is 6.93. The molecule has 0 aliphatic carbocycles. The van der Waals surface area contributed by atoms with Crippen LogP contribution < -0.4 is 15.4 Å². The van der Waals surface area contributed by atoms with Crippen molar-refractivity contribution < 1.29 is 9.53 Å². The van der Waals surface area contributed by atoms with E-state index in [-0.39, 0.29) is 11.9 Å². The predicted molar refractivity (Wildman–Crippen MR) is 83.3 cm³/mol. The molecule has 1 aliphatic rings. The van der Waals surface area contributed by atoms with E-state index in [0.29, 0.717) is 12.5 Å². The van der Waals surface area contributed by atoms with Gasteiger partial charge in [-0.3, -0.25) is 4.79 Å². The quantitative estimate of drug-likeness (QED) is 0.872. The molecule has 2 N–H and O–H groups in total. The fraction of sp³-hybridized carbons (Fsp3) is 0.533. The molecule has 1 aromatic carbocycles. The van der Waals surface area contributed by atoms with Crippen LogP contribution in [-0.2, 0) is 4.79 Å². The number of nitrogens with one attached hydrogen (secondary N) is 2. The van der Waals surface area contributed by atoms with E-state index in [0.717, 1.165) is 29.4 Å². The molecule has 0 saturated carbocycles. The summed E-state index contributed by atoms with van der Waals surface area (Å²) in [5, 5.41) is 6.43. The molecule has 1 heterocycles. The number of amides is 1. The van der Waals surface area contributed by atoms with E-state index < -0.39 is 0 Å². The number of methoxy groups -OCH3 is 1. The Morgan fingerprint density at radius 3 is 3.15 bits per heavy atom. The largest absolute Gasteiger partial charge is 0.497 e. The van der Waals surface area contributed by atoms with Crippen LogP contribution in [0.2, 0.25) is 0 Å². The van der Waals surface area contributed by atoms with E-state index >= 15 is 0 Å². The summed E-state index contributed by atoms with van der Waals surface area (Å²) in [5.41, 5.74) is 1.06. The number of rotatable bonds is 5. The Bertz CT molecular complexity index is 447. The average Bonchev–Trinajstić information content (AvgIpc) is 2.48. The van der Waals surface area contributed by atoms with Gasteiger partial charge in [-0.1, -0.05) is 12.1 Å². The maximum Gasteiger partial charge on any atom is 0.222 e. The van der Waals surface area contributed by atoms with Crippen molar-refractivity contribution in [1.29, 1.82) is 0 Å². The highest BCUT2D eigenvalue weighted by Gasteiger charge is 2.18. The molecule has 1 saturated heterocycles. The zero-order chi connectivity index (χ0) is 14.4. The van der Waals surface area contributed by atoms with Gasteiger partial charge in [-0.2, -0.15) is 11.8 Å². The molecule has 4 nitrogen and oxygen atoms in total. The highest BCUT2D eigenvalue weighted by Crippen LogP contribution is 2.19. The topological polar surface area (TPSA) is 50.4 Å². The van der Waals surface area contributed by atoms with Gasteiger partial charge in [0.25, 0.3) is 0 Å².